The molecule has 0 aromatic heterocycles. The zero-order valence-corrected chi connectivity index (χ0v) is 12.9. The van der Waals surface area contributed by atoms with Crippen LogP contribution in [0.4, 0.5) is 0 Å². The van der Waals surface area contributed by atoms with Gasteiger partial charge in [-0.1, -0.05) is 0 Å². The van der Waals surface area contributed by atoms with E-state index in [0.717, 1.165) is 18.3 Å². The van der Waals surface area contributed by atoms with Crippen molar-refractivity contribution in [1.82, 2.24) is 10.6 Å². The number of aliphatic imine (C=N–C) groups is 1. The summed E-state index contributed by atoms with van der Waals surface area (Å²) < 4.78 is 26.9. The number of hydrogen-bond donors (Lipinski definition) is 2. The summed E-state index contributed by atoms with van der Waals surface area (Å²) in [4.78, 5) is 4.05. The highest BCUT2D eigenvalue weighted by atomic mass is 32.2. The lowest BCUT2D eigenvalue weighted by molar-refractivity contribution is 0.154. The molecule has 0 amide bonds. The Bertz CT molecular complexity index is 331. The van der Waals surface area contributed by atoms with Crippen molar-refractivity contribution in [2.24, 2.45) is 4.99 Å². The summed E-state index contributed by atoms with van der Waals surface area (Å²) in [5.41, 5.74) is 0. The summed E-state index contributed by atoms with van der Waals surface area (Å²) >= 11 is 1.76. The first-order valence-corrected chi connectivity index (χ1v) is 9.14. The Balaban J connectivity index is 3.51. The van der Waals surface area contributed by atoms with Crippen LogP contribution in [0.1, 0.15) is 0 Å². The molecule has 0 heterocycles. The van der Waals surface area contributed by atoms with Crippen molar-refractivity contribution in [2.45, 2.75) is 0 Å². The average Bonchev–Trinajstić information content (AvgIpc) is 2.30. The summed E-state index contributed by atoms with van der Waals surface area (Å²) in [7, 11) is -1.22. The zero-order chi connectivity index (χ0) is 13.9. The van der Waals surface area contributed by atoms with Crippen molar-refractivity contribution in [2.75, 3.05) is 57.4 Å². The number of hydrogen-bond acceptors (Lipinski definition) is 5. The lowest BCUT2D eigenvalue weighted by Crippen LogP contribution is -2.40. The third kappa shape index (κ3) is 12.0. The van der Waals surface area contributed by atoms with E-state index in [0.29, 0.717) is 13.2 Å². The van der Waals surface area contributed by atoms with E-state index in [9.17, 15) is 8.42 Å². The molecule has 0 aliphatic heterocycles. The van der Waals surface area contributed by atoms with Gasteiger partial charge in [-0.3, -0.25) is 4.99 Å². The summed E-state index contributed by atoms with van der Waals surface area (Å²) in [6.07, 6.45) is 3.25. The van der Waals surface area contributed by atoms with Gasteiger partial charge in [-0.15, -0.1) is 0 Å². The number of thioether (sulfide) groups is 1. The second-order valence-electron chi connectivity index (χ2n) is 3.66. The Morgan fingerprint density at radius 3 is 2.50 bits per heavy atom. The van der Waals surface area contributed by atoms with Crippen LogP contribution in [0.5, 0.6) is 0 Å². The highest BCUT2D eigenvalue weighted by Crippen LogP contribution is 1.87. The molecule has 0 aromatic carbocycles. The monoisotopic (exact) mass is 297 g/mol. The molecule has 8 heteroatoms. The lowest BCUT2D eigenvalue weighted by Gasteiger charge is -2.11. The number of sulfone groups is 1. The van der Waals surface area contributed by atoms with E-state index >= 15 is 0 Å². The molecule has 0 saturated carbocycles. The van der Waals surface area contributed by atoms with E-state index in [-0.39, 0.29) is 12.4 Å². The molecule has 2 N–H and O–H groups in total. The van der Waals surface area contributed by atoms with Gasteiger partial charge in [0.05, 0.1) is 19.0 Å². The van der Waals surface area contributed by atoms with Crippen molar-refractivity contribution in [1.29, 1.82) is 0 Å². The Morgan fingerprint density at radius 1 is 1.28 bits per heavy atom. The molecule has 0 fully saturated rings. The first-order chi connectivity index (χ1) is 8.49. The molecule has 6 nitrogen and oxygen atoms in total. The van der Waals surface area contributed by atoms with Crippen LogP contribution in [-0.4, -0.2) is 71.7 Å². The van der Waals surface area contributed by atoms with Crippen LogP contribution >= 0.6 is 11.8 Å². The van der Waals surface area contributed by atoms with E-state index in [1.807, 2.05) is 6.26 Å². The Labute approximate surface area is 114 Å². The topological polar surface area (TPSA) is 79.8 Å². The standard InChI is InChI=1S/C10H23N3O3S2/c1-11-10(13-5-8-17-2)12-4-6-16-7-9-18(3,14)15/h4-9H2,1-3H3,(H2,11,12,13). The van der Waals surface area contributed by atoms with Crippen LogP contribution in [-0.2, 0) is 14.6 Å². The van der Waals surface area contributed by atoms with Gasteiger partial charge in [0.15, 0.2) is 5.96 Å². The van der Waals surface area contributed by atoms with E-state index in [1.165, 1.54) is 6.26 Å². The smallest absolute Gasteiger partial charge is 0.191 e. The fourth-order valence-electron chi connectivity index (χ4n) is 1.05. The van der Waals surface area contributed by atoms with Crippen LogP contribution in [0.15, 0.2) is 4.99 Å². The Kier molecular flexibility index (Phi) is 10.2. The fourth-order valence-corrected chi connectivity index (χ4v) is 1.77. The molecule has 0 saturated heterocycles. The minimum absolute atomic E-state index is 0.0632. The van der Waals surface area contributed by atoms with Crippen LogP contribution < -0.4 is 10.6 Å². The van der Waals surface area contributed by atoms with Gasteiger partial charge < -0.3 is 15.4 Å². The minimum atomic E-state index is -2.93. The molecule has 18 heavy (non-hydrogen) atoms. The summed E-state index contributed by atoms with van der Waals surface area (Å²) in [6, 6.07) is 0. The maximum Gasteiger partial charge on any atom is 0.191 e. The molecule has 108 valence electrons. The van der Waals surface area contributed by atoms with E-state index in [4.69, 9.17) is 4.74 Å². The van der Waals surface area contributed by atoms with Gasteiger partial charge in [0.25, 0.3) is 0 Å². The average molecular weight is 297 g/mol. The van der Waals surface area contributed by atoms with Crippen molar-refractivity contribution in [3.63, 3.8) is 0 Å². The molecule has 0 atom stereocenters. The maximum atomic E-state index is 10.8. The Hall–Kier alpha value is -0.470. The van der Waals surface area contributed by atoms with Crippen LogP contribution in [0.25, 0.3) is 0 Å². The van der Waals surface area contributed by atoms with Gasteiger partial charge in [0, 0.05) is 32.1 Å². The highest BCUT2D eigenvalue weighted by Gasteiger charge is 2.01. The van der Waals surface area contributed by atoms with Gasteiger partial charge >= 0.3 is 0 Å². The fraction of sp³-hybridized carbons (Fsp3) is 0.900. The largest absolute Gasteiger partial charge is 0.379 e. The second kappa shape index (κ2) is 10.5. The predicted octanol–water partition coefficient (Wildman–Crippen LogP) is -0.424. The van der Waals surface area contributed by atoms with E-state index < -0.39 is 9.84 Å². The SMILES string of the molecule is CN=C(NCCOCCS(C)(=O)=O)NCCSC. The predicted molar refractivity (Wildman–Crippen MR) is 78.3 cm³/mol. The number of ether oxygens (including phenoxy) is 1. The van der Waals surface area contributed by atoms with Crippen molar-refractivity contribution < 1.29 is 13.2 Å². The molecule has 0 aliphatic rings. The Morgan fingerprint density at radius 2 is 1.94 bits per heavy atom. The van der Waals surface area contributed by atoms with Gasteiger partial charge in [-0.05, 0) is 6.26 Å². The number of rotatable bonds is 9. The first-order valence-electron chi connectivity index (χ1n) is 5.68. The minimum Gasteiger partial charge on any atom is -0.379 e. The van der Waals surface area contributed by atoms with Gasteiger partial charge in [0.1, 0.15) is 9.84 Å². The van der Waals surface area contributed by atoms with Crippen molar-refractivity contribution in [3.05, 3.63) is 0 Å². The van der Waals surface area contributed by atoms with Gasteiger partial charge in [-0.25, -0.2) is 8.42 Å². The molecule has 0 aliphatic carbocycles. The number of nitrogens with one attached hydrogen (secondary N) is 2. The number of nitrogens with zero attached hydrogens (tertiary/aromatic N) is 1. The summed E-state index contributed by atoms with van der Waals surface area (Å²) in [6.45, 7) is 2.15. The van der Waals surface area contributed by atoms with Crippen LogP contribution in [0.2, 0.25) is 0 Å². The van der Waals surface area contributed by atoms with Gasteiger partial charge in [-0.2, -0.15) is 11.8 Å². The third-order valence-electron chi connectivity index (χ3n) is 1.96. The molecule has 0 rings (SSSR count). The lowest BCUT2D eigenvalue weighted by atomic mass is 10.6. The van der Waals surface area contributed by atoms with E-state index in [1.54, 1.807) is 18.8 Å². The molecule has 0 spiro atoms. The molecule has 0 unspecified atom stereocenters. The van der Waals surface area contributed by atoms with Crippen LogP contribution in [0.3, 0.4) is 0 Å². The zero-order valence-electron chi connectivity index (χ0n) is 11.2. The molecule has 0 bridgehead atoms. The van der Waals surface area contributed by atoms with Crippen molar-refractivity contribution >= 4 is 27.6 Å². The van der Waals surface area contributed by atoms with Gasteiger partial charge in [0.2, 0.25) is 0 Å². The van der Waals surface area contributed by atoms with Crippen LogP contribution in [0, 0.1) is 0 Å². The first kappa shape index (κ1) is 17.5. The molecular formula is C10H23N3O3S2. The van der Waals surface area contributed by atoms with Crippen molar-refractivity contribution in [3.8, 4) is 0 Å². The normalized spacial score (nSPS) is 12.5. The summed E-state index contributed by atoms with van der Waals surface area (Å²) in [5, 5.41) is 6.23. The maximum absolute atomic E-state index is 10.8. The van der Waals surface area contributed by atoms with E-state index in [2.05, 4.69) is 15.6 Å². The molecular weight excluding hydrogens is 274 g/mol. The second-order valence-corrected chi connectivity index (χ2v) is 6.91. The number of guanidine groups is 1. The quantitative estimate of drug-likeness (QED) is 0.342. The highest BCUT2D eigenvalue weighted by molar-refractivity contribution is 7.98. The summed E-state index contributed by atoms with van der Waals surface area (Å²) in [5.74, 6) is 1.81. The molecule has 0 aromatic rings. The third-order valence-corrected chi connectivity index (χ3v) is 3.48. The molecule has 0 radical (unpaired) electrons.